The van der Waals surface area contributed by atoms with Gasteiger partial charge in [-0.3, -0.25) is 19.4 Å². The van der Waals surface area contributed by atoms with E-state index in [2.05, 4.69) is 34.1 Å². The molecule has 0 spiro atoms. The molecule has 9 heteroatoms. The number of rotatable bonds is 5. The van der Waals surface area contributed by atoms with Crippen LogP contribution in [0.2, 0.25) is 0 Å². The maximum atomic E-state index is 13.3. The van der Waals surface area contributed by atoms with E-state index in [-0.39, 0.29) is 47.9 Å². The highest BCUT2D eigenvalue weighted by molar-refractivity contribution is 7.13. The first kappa shape index (κ1) is 25.5. The first-order chi connectivity index (χ1) is 17.6. The second kappa shape index (κ2) is 10.1. The molecule has 7 nitrogen and oxygen atoms in total. The zero-order chi connectivity index (χ0) is 24.4. The third kappa shape index (κ3) is 4.28. The van der Waals surface area contributed by atoms with Crippen molar-refractivity contribution in [1.82, 2.24) is 14.2 Å². The molecule has 200 valence electrons. The normalized spacial score (nSPS) is 35.9. The molecule has 1 aromatic heterocycles. The Labute approximate surface area is 228 Å². The zero-order valence-corrected chi connectivity index (χ0v) is 22.8. The van der Waals surface area contributed by atoms with Crippen LogP contribution < -0.4 is 4.90 Å². The number of halogens is 1. The van der Waals surface area contributed by atoms with Crippen molar-refractivity contribution in [2.24, 2.45) is 35.5 Å². The Morgan fingerprint density at radius 2 is 1.62 bits per heavy atom. The third-order valence-corrected chi connectivity index (χ3v) is 10.9. The molecular weight excluding hydrogens is 508 g/mol. The molecule has 3 saturated carbocycles. The molecule has 0 unspecified atom stereocenters. The number of carbonyl (C=O) groups excluding carboxylic acids is 2. The lowest BCUT2D eigenvalue weighted by atomic mass is 9.78. The predicted molar refractivity (Wildman–Crippen MR) is 147 cm³/mol. The largest absolute Gasteiger partial charge is 0.393 e. The molecule has 2 aromatic rings. The summed E-state index contributed by atoms with van der Waals surface area (Å²) in [5.74, 6) is 1.97. The van der Waals surface area contributed by atoms with Gasteiger partial charge in [0.25, 0.3) is 0 Å². The van der Waals surface area contributed by atoms with Crippen LogP contribution in [-0.2, 0) is 9.59 Å². The number of imide groups is 1. The molecule has 5 aliphatic rings. The van der Waals surface area contributed by atoms with E-state index in [0.29, 0.717) is 24.8 Å². The highest BCUT2D eigenvalue weighted by Gasteiger charge is 2.63. The van der Waals surface area contributed by atoms with E-state index in [1.54, 1.807) is 16.4 Å². The summed E-state index contributed by atoms with van der Waals surface area (Å²) in [5, 5.41) is 11.6. The topological polar surface area (TPSA) is 77.0 Å². The van der Waals surface area contributed by atoms with Crippen molar-refractivity contribution in [2.75, 3.05) is 44.2 Å². The van der Waals surface area contributed by atoms with Gasteiger partial charge in [0.05, 0.1) is 22.6 Å². The van der Waals surface area contributed by atoms with Crippen molar-refractivity contribution in [3.8, 4) is 0 Å². The maximum Gasteiger partial charge on any atom is 0.233 e. The van der Waals surface area contributed by atoms with E-state index in [9.17, 15) is 14.7 Å². The number of anilines is 1. The fourth-order valence-electron chi connectivity index (χ4n) is 8.24. The van der Waals surface area contributed by atoms with Gasteiger partial charge in [-0.1, -0.05) is 25.0 Å². The highest BCUT2D eigenvalue weighted by atomic mass is 35.5. The first-order valence-electron chi connectivity index (χ1n) is 13.9. The zero-order valence-electron chi connectivity index (χ0n) is 21.2. The first-order valence-corrected chi connectivity index (χ1v) is 14.7. The van der Waals surface area contributed by atoms with E-state index in [1.165, 1.54) is 29.3 Å². The van der Waals surface area contributed by atoms with Crippen molar-refractivity contribution in [1.29, 1.82) is 0 Å². The minimum Gasteiger partial charge on any atom is -0.393 e. The van der Waals surface area contributed by atoms with Gasteiger partial charge in [-0.2, -0.15) is 4.37 Å². The second-order valence-electron chi connectivity index (χ2n) is 11.9. The molecule has 5 fully saturated rings. The number of aromatic nitrogens is 1. The molecule has 7 atom stereocenters. The van der Waals surface area contributed by atoms with Gasteiger partial charge in [0.15, 0.2) is 0 Å². The van der Waals surface area contributed by atoms with Crippen LogP contribution in [0.5, 0.6) is 0 Å². The minimum atomic E-state index is -0.392. The van der Waals surface area contributed by atoms with Crippen LogP contribution in [-0.4, -0.2) is 76.5 Å². The van der Waals surface area contributed by atoms with E-state index in [4.69, 9.17) is 4.37 Å². The standard InChI is InChI=1S/C28H36N4O3S.ClH/c33-22-14-19-13-21(22)25-24(19)27(34)32(28(25)35)16-18-6-2-1-5-17(18)15-30-9-11-31(12-10-30)26-20-7-3-4-8-23(20)36-29-26;/h3-4,7-8,17-19,21-22,24-25,33H,1-2,5-6,9-16H2;1H/t17-,18-,19-,21+,22-,24-,25+;/m0./s1. The van der Waals surface area contributed by atoms with Crippen LogP contribution in [0, 0.1) is 35.5 Å². The molecule has 1 N–H and O–H groups in total. The maximum absolute atomic E-state index is 13.3. The highest BCUT2D eigenvalue weighted by Crippen LogP contribution is 2.56. The number of carbonyl (C=O) groups is 2. The fraction of sp³-hybridized carbons (Fsp3) is 0.679. The molecule has 1 aromatic carbocycles. The quantitative estimate of drug-likeness (QED) is 0.579. The van der Waals surface area contributed by atoms with Gasteiger partial charge in [-0.15, -0.1) is 12.4 Å². The SMILES string of the molecule is Cl.O=C1[C@@H]2[C@@H]3C[C@@H](C[C@@H]3O)[C@@H]2C(=O)N1C[C@@H]1CCCC[C@H]1CN1CCN(c2nsc3ccccc23)CC1. The van der Waals surface area contributed by atoms with Crippen molar-refractivity contribution in [3.63, 3.8) is 0 Å². The Morgan fingerprint density at radius 3 is 2.41 bits per heavy atom. The van der Waals surface area contributed by atoms with Gasteiger partial charge in [-0.05, 0) is 73.0 Å². The molecule has 7 rings (SSSR count). The van der Waals surface area contributed by atoms with Crippen molar-refractivity contribution >= 4 is 51.7 Å². The van der Waals surface area contributed by atoms with Crippen LogP contribution in [0.25, 0.3) is 10.1 Å². The lowest BCUT2D eigenvalue weighted by molar-refractivity contribution is -0.142. The number of aliphatic hydroxyl groups excluding tert-OH is 1. The summed E-state index contributed by atoms with van der Waals surface area (Å²) >= 11 is 1.58. The minimum absolute atomic E-state index is 0. The average Bonchev–Trinajstić information content (AvgIpc) is 3.64. The van der Waals surface area contributed by atoms with E-state index >= 15 is 0 Å². The summed E-state index contributed by atoms with van der Waals surface area (Å²) in [7, 11) is 0. The molecule has 37 heavy (non-hydrogen) atoms. The Balaban J connectivity index is 0.00000252. The Kier molecular flexibility index (Phi) is 6.97. The van der Waals surface area contributed by atoms with Crippen LogP contribution in [0.4, 0.5) is 5.82 Å². The smallest absolute Gasteiger partial charge is 0.233 e. The summed E-state index contributed by atoms with van der Waals surface area (Å²) in [4.78, 5) is 33.3. The van der Waals surface area contributed by atoms with Crippen molar-refractivity contribution in [3.05, 3.63) is 24.3 Å². The molecule has 2 aliphatic heterocycles. The predicted octanol–water partition coefficient (Wildman–Crippen LogP) is 3.65. The Hall–Kier alpha value is -1.74. The van der Waals surface area contributed by atoms with Crippen LogP contribution in [0.1, 0.15) is 38.5 Å². The molecular formula is C28H37ClN4O3S. The number of nitrogens with zero attached hydrogens (tertiary/aromatic N) is 4. The second-order valence-corrected chi connectivity index (χ2v) is 12.7. The van der Waals surface area contributed by atoms with E-state index in [0.717, 1.165) is 51.4 Å². The van der Waals surface area contributed by atoms with Gasteiger partial charge in [0.1, 0.15) is 5.82 Å². The molecule has 2 bridgehead atoms. The van der Waals surface area contributed by atoms with Crippen LogP contribution >= 0.6 is 23.9 Å². The number of likely N-dealkylation sites (tertiary alicyclic amines) is 1. The van der Waals surface area contributed by atoms with Crippen LogP contribution in [0.15, 0.2) is 24.3 Å². The lowest BCUT2D eigenvalue weighted by Crippen LogP contribution is -2.49. The number of hydrogen-bond acceptors (Lipinski definition) is 7. The number of amides is 2. The van der Waals surface area contributed by atoms with E-state index < -0.39 is 6.10 Å². The van der Waals surface area contributed by atoms with E-state index in [1.807, 2.05) is 0 Å². The van der Waals surface area contributed by atoms with Gasteiger partial charge < -0.3 is 10.0 Å². The lowest BCUT2D eigenvalue weighted by Gasteiger charge is -2.40. The van der Waals surface area contributed by atoms with Gasteiger partial charge >= 0.3 is 0 Å². The molecule has 2 amide bonds. The third-order valence-electron chi connectivity index (χ3n) is 10.1. The summed E-state index contributed by atoms with van der Waals surface area (Å²) < 4.78 is 6.00. The number of benzene rings is 1. The summed E-state index contributed by atoms with van der Waals surface area (Å²) in [6, 6.07) is 8.49. The number of hydrogen-bond donors (Lipinski definition) is 1. The Morgan fingerprint density at radius 1 is 0.919 bits per heavy atom. The molecule has 3 heterocycles. The average molecular weight is 545 g/mol. The van der Waals surface area contributed by atoms with Crippen molar-refractivity contribution in [2.45, 2.75) is 44.6 Å². The van der Waals surface area contributed by atoms with Crippen molar-refractivity contribution < 1.29 is 14.7 Å². The molecule has 2 saturated heterocycles. The number of fused-ring (bicyclic) bond motifs is 6. The Bertz CT molecular complexity index is 1170. The fourth-order valence-corrected chi connectivity index (χ4v) is 9.04. The number of aliphatic hydroxyl groups is 1. The van der Waals surface area contributed by atoms with Gasteiger partial charge in [0, 0.05) is 44.7 Å². The monoisotopic (exact) mass is 544 g/mol. The van der Waals surface area contributed by atoms with Gasteiger partial charge in [0.2, 0.25) is 11.8 Å². The van der Waals surface area contributed by atoms with Gasteiger partial charge in [-0.25, -0.2) is 0 Å². The number of piperazine rings is 1. The summed E-state index contributed by atoms with van der Waals surface area (Å²) in [6.45, 7) is 5.69. The summed E-state index contributed by atoms with van der Waals surface area (Å²) in [5.41, 5.74) is 0. The summed E-state index contributed by atoms with van der Waals surface area (Å²) in [6.07, 6.45) is 5.90. The van der Waals surface area contributed by atoms with Crippen LogP contribution in [0.3, 0.4) is 0 Å². The molecule has 0 radical (unpaired) electrons. The molecule has 3 aliphatic carbocycles.